The molecule has 0 aliphatic heterocycles. The van der Waals surface area contributed by atoms with Gasteiger partial charge in [0.1, 0.15) is 0 Å². The summed E-state index contributed by atoms with van der Waals surface area (Å²) in [4.78, 5) is 11.7. The molecular formula is C11H22N2O2. The van der Waals surface area contributed by atoms with E-state index in [1.165, 1.54) is 6.42 Å². The molecule has 0 aromatic rings. The van der Waals surface area contributed by atoms with Gasteiger partial charge in [-0.2, -0.15) is 0 Å². The summed E-state index contributed by atoms with van der Waals surface area (Å²) in [5.74, 6) is -0.0895. The van der Waals surface area contributed by atoms with E-state index in [1.807, 2.05) is 6.92 Å². The zero-order valence-corrected chi connectivity index (χ0v) is 9.93. The van der Waals surface area contributed by atoms with Gasteiger partial charge in [0.05, 0.1) is 11.1 Å². The molecule has 0 saturated heterocycles. The summed E-state index contributed by atoms with van der Waals surface area (Å²) in [5.41, 5.74) is 4.95. The Morgan fingerprint density at radius 2 is 2.20 bits per heavy atom. The fourth-order valence-corrected chi connectivity index (χ4v) is 1.63. The van der Waals surface area contributed by atoms with Crippen molar-refractivity contribution in [1.82, 2.24) is 5.32 Å². The largest absolute Gasteiger partial charge is 0.376 e. The van der Waals surface area contributed by atoms with E-state index in [2.05, 4.69) is 5.32 Å². The highest BCUT2D eigenvalue weighted by molar-refractivity contribution is 5.85. The molecule has 0 aromatic carbocycles. The van der Waals surface area contributed by atoms with Crippen LogP contribution in [0, 0.1) is 0 Å². The molecule has 88 valence electrons. The maximum absolute atomic E-state index is 11.7. The van der Waals surface area contributed by atoms with Gasteiger partial charge in [0, 0.05) is 13.7 Å². The molecule has 1 unspecified atom stereocenters. The summed E-state index contributed by atoms with van der Waals surface area (Å²) in [6, 6.07) is 0. The van der Waals surface area contributed by atoms with Gasteiger partial charge in [-0.15, -0.1) is 0 Å². The van der Waals surface area contributed by atoms with E-state index < -0.39 is 5.54 Å². The van der Waals surface area contributed by atoms with E-state index in [-0.39, 0.29) is 11.5 Å². The highest BCUT2D eigenvalue weighted by Gasteiger charge is 2.38. The fourth-order valence-electron chi connectivity index (χ4n) is 1.63. The molecule has 1 rings (SSSR count). The van der Waals surface area contributed by atoms with Crippen LogP contribution in [0.15, 0.2) is 0 Å². The van der Waals surface area contributed by atoms with Gasteiger partial charge in [0.25, 0.3) is 0 Å². The van der Waals surface area contributed by atoms with E-state index in [0.29, 0.717) is 13.0 Å². The third-order valence-electron chi connectivity index (χ3n) is 3.52. The topological polar surface area (TPSA) is 64.4 Å². The van der Waals surface area contributed by atoms with Crippen LogP contribution in [0.1, 0.15) is 39.5 Å². The lowest BCUT2D eigenvalue weighted by atomic mass is 9.80. The highest BCUT2D eigenvalue weighted by Crippen LogP contribution is 2.34. The van der Waals surface area contributed by atoms with E-state index in [1.54, 1.807) is 14.0 Å². The van der Waals surface area contributed by atoms with Crippen LogP contribution in [-0.4, -0.2) is 30.7 Å². The first kappa shape index (κ1) is 12.5. The van der Waals surface area contributed by atoms with Gasteiger partial charge >= 0.3 is 0 Å². The van der Waals surface area contributed by atoms with Gasteiger partial charge in [-0.3, -0.25) is 4.79 Å². The number of hydrogen-bond acceptors (Lipinski definition) is 3. The lowest BCUT2D eigenvalue weighted by molar-refractivity contribution is -0.129. The van der Waals surface area contributed by atoms with Crippen molar-refractivity contribution in [3.05, 3.63) is 0 Å². The van der Waals surface area contributed by atoms with Gasteiger partial charge in [-0.1, -0.05) is 6.92 Å². The van der Waals surface area contributed by atoms with E-state index >= 15 is 0 Å². The standard InChI is InChI=1S/C11H22N2O2/c1-4-10(2,12)9(14)13-8-11(15-3)6-5-7-11/h4-8,12H2,1-3H3,(H,13,14). The molecule has 1 aliphatic carbocycles. The summed E-state index contributed by atoms with van der Waals surface area (Å²) in [6.45, 7) is 4.24. The third-order valence-corrected chi connectivity index (χ3v) is 3.52. The molecule has 0 heterocycles. The van der Waals surface area contributed by atoms with Crippen molar-refractivity contribution in [3.63, 3.8) is 0 Å². The van der Waals surface area contributed by atoms with Crippen LogP contribution in [0.3, 0.4) is 0 Å². The minimum Gasteiger partial charge on any atom is -0.376 e. The number of methoxy groups -OCH3 is 1. The van der Waals surface area contributed by atoms with Gasteiger partial charge < -0.3 is 15.8 Å². The molecule has 1 fully saturated rings. The molecule has 1 aliphatic rings. The first-order chi connectivity index (χ1) is 6.96. The Morgan fingerprint density at radius 1 is 1.60 bits per heavy atom. The SMILES string of the molecule is CCC(C)(N)C(=O)NCC1(OC)CCC1. The molecular weight excluding hydrogens is 192 g/mol. The Balaban J connectivity index is 2.40. The van der Waals surface area contributed by atoms with Crippen molar-refractivity contribution in [2.24, 2.45) is 5.73 Å². The number of carbonyl (C=O) groups excluding carboxylic acids is 1. The van der Waals surface area contributed by atoms with Crippen molar-refractivity contribution in [2.75, 3.05) is 13.7 Å². The number of carbonyl (C=O) groups is 1. The van der Waals surface area contributed by atoms with Gasteiger partial charge in [0.15, 0.2) is 0 Å². The second-order valence-electron chi connectivity index (χ2n) is 4.69. The Bertz CT molecular complexity index is 229. The zero-order valence-electron chi connectivity index (χ0n) is 9.93. The summed E-state index contributed by atoms with van der Waals surface area (Å²) in [7, 11) is 1.70. The maximum atomic E-state index is 11.7. The molecule has 0 radical (unpaired) electrons. The second-order valence-corrected chi connectivity index (χ2v) is 4.69. The molecule has 1 saturated carbocycles. The molecule has 0 aromatic heterocycles. The van der Waals surface area contributed by atoms with Crippen molar-refractivity contribution in [2.45, 2.75) is 50.7 Å². The Labute approximate surface area is 91.5 Å². The molecule has 3 N–H and O–H groups in total. The lowest BCUT2D eigenvalue weighted by Crippen LogP contribution is -2.56. The molecule has 0 bridgehead atoms. The number of amides is 1. The minimum atomic E-state index is -0.765. The zero-order chi connectivity index (χ0) is 11.5. The molecule has 1 atom stereocenters. The van der Waals surface area contributed by atoms with Gasteiger partial charge in [0.2, 0.25) is 5.91 Å². The van der Waals surface area contributed by atoms with Crippen LogP contribution >= 0.6 is 0 Å². The summed E-state index contributed by atoms with van der Waals surface area (Å²) in [6.07, 6.45) is 3.87. The van der Waals surface area contributed by atoms with Crippen LogP contribution in [-0.2, 0) is 9.53 Å². The van der Waals surface area contributed by atoms with Gasteiger partial charge in [-0.25, -0.2) is 0 Å². The van der Waals surface area contributed by atoms with Crippen LogP contribution in [0.4, 0.5) is 0 Å². The Hall–Kier alpha value is -0.610. The predicted octanol–water partition coefficient (Wildman–Crippen LogP) is 0.799. The predicted molar refractivity (Wildman–Crippen MR) is 59.5 cm³/mol. The molecule has 15 heavy (non-hydrogen) atoms. The van der Waals surface area contributed by atoms with Crippen LogP contribution in [0.2, 0.25) is 0 Å². The number of nitrogens with one attached hydrogen (secondary N) is 1. The fraction of sp³-hybridized carbons (Fsp3) is 0.909. The second kappa shape index (κ2) is 4.49. The first-order valence-corrected chi connectivity index (χ1v) is 5.58. The minimum absolute atomic E-state index is 0.0895. The van der Waals surface area contributed by atoms with Crippen LogP contribution in [0.25, 0.3) is 0 Å². The monoisotopic (exact) mass is 214 g/mol. The summed E-state index contributed by atoms with van der Waals surface area (Å²) in [5, 5.41) is 2.88. The summed E-state index contributed by atoms with van der Waals surface area (Å²) < 4.78 is 5.41. The quantitative estimate of drug-likeness (QED) is 0.711. The highest BCUT2D eigenvalue weighted by atomic mass is 16.5. The van der Waals surface area contributed by atoms with Crippen molar-refractivity contribution in [1.29, 1.82) is 0 Å². The number of hydrogen-bond donors (Lipinski definition) is 2. The molecule has 1 amide bonds. The smallest absolute Gasteiger partial charge is 0.239 e. The third kappa shape index (κ3) is 2.69. The van der Waals surface area contributed by atoms with E-state index in [0.717, 1.165) is 12.8 Å². The van der Waals surface area contributed by atoms with Crippen molar-refractivity contribution >= 4 is 5.91 Å². The number of ether oxygens (including phenoxy) is 1. The summed E-state index contributed by atoms with van der Waals surface area (Å²) >= 11 is 0. The normalized spacial score (nSPS) is 22.7. The lowest BCUT2D eigenvalue weighted by Gasteiger charge is -2.41. The Morgan fingerprint density at radius 3 is 2.53 bits per heavy atom. The van der Waals surface area contributed by atoms with Crippen molar-refractivity contribution in [3.8, 4) is 0 Å². The van der Waals surface area contributed by atoms with E-state index in [9.17, 15) is 4.79 Å². The number of nitrogens with two attached hydrogens (primary N) is 1. The molecule has 4 heteroatoms. The van der Waals surface area contributed by atoms with E-state index in [4.69, 9.17) is 10.5 Å². The van der Waals surface area contributed by atoms with Crippen molar-refractivity contribution < 1.29 is 9.53 Å². The van der Waals surface area contributed by atoms with Crippen LogP contribution < -0.4 is 11.1 Å². The Kier molecular flexibility index (Phi) is 3.73. The number of rotatable bonds is 5. The molecule has 0 spiro atoms. The molecule has 4 nitrogen and oxygen atoms in total. The van der Waals surface area contributed by atoms with Gasteiger partial charge in [-0.05, 0) is 32.6 Å². The van der Waals surface area contributed by atoms with Crippen LogP contribution in [0.5, 0.6) is 0 Å². The average molecular weight is 214 g/mol. The first-order valence-electron chi connectivity index (χ1n) is 5.58. The average Bonchev–Trinajstić information content (AvgIpc) is 2.16. The maximum Gasteiger partial charge on any atom is 0.239 e.